The van der Waals surface area contributed by atoms with E-state index in [4.69, 9.17) is 5.26 Å². The lowest BCUT2D eigenvalue weighted by molar-refractivity contribution is 0.317. The van der Waals surface area contributed by atoms with Crippen LogP contribution < -0.4 is 5.32 Å². The molecule has 1 aromatic rings. The average Bonchev–Trinajstić information content (AvgIpc) is 2.40. The van der Waals surface area contributed by atoms with Gasteiger partial charge >= 0.3 is 0 Å². The second-order valence-corrected chi connectivity index (χ2v) is 4.71. The molecular formula is C14H19N3. The Kier molecular flexibility index (Phi) is 3.98. The van der Waals surface area contributed by atoms with E-state index in [2.05, 4.69) is 23.3 Å². The number of nitrogens with one attached hydrogen (secondary N) is 1. The zero-order valence-corrected chi connectivity index (χ0v) is 10.3. The van der Waals surface area contributed by atoms with Crippen molar-refractivity contribution in [3.8, 4) is 6.07 Å². The molecule has 3 heteroatoms. The Morgan fingerprint density at radius 3 is 3.06 bits per heavy atom. The van der Waals surface area contributed by atoms with Crippen LogP contribution in [0.2, 0.25) is 0 Å². The standard InChI is InChI=1S/C14H19N3/c1-2-11-6-3-4-7-12(11)17-13-8-5-9-16-14(13)10-15/h5,8-9,11-12,17H,2-4,6-7H2,1H3. The van der Waals surface area contributed by atoms with E-state index in [9.17, 15) is 0 Å². The molecule has 2 rings (SSSR count). The number of hydrogen-bond acceptors (Lipinski definition) is 3. The quantitative estimate of drug-likeness (QED) is 0.864. The van der Waals surface area contributed by atoms with Crippen LogP contribution in [0, 0.1) is 17.2 Å². The fraction of sp³-hybridized carbons (Fsp3) is 0.571. The molecule has 1 saturated carbocycles. The van der Waals surface area contributed by atoms with Crippen LogP contribution in [-0.2, 0) is 0 Å². The van der Waals surface area contributed by atoms with Crippen LogP contribution in [-0.4, -0.2) is 11.0 Å². The predicted octanol–water partition coefficient (Wildman–Crippen LogP) is 3.33. The maximum Gasteiger partial charge on any atom is 0.163 e. The second-order valence-electron chi connectivity index (χ2n) is 4.71. The van der Waals surface area contributed by atoms with E-state index in [-0.39, 0.29) is 0 Å². The van der Waals surface area contributed by atoms with Gasteiger partial charge in [-0.2, -0.15) is 5.26 Å². The lowest BCUT2D eigenvalue weighted by atomic mass is 9.83. The Hall–Kier alpha value is -1.56. The summed E-state index contributed by atoms with van der Waals surface area (Å²) in [6.07, 6.45) is 8.02. The van der Waals surface area contributed by atoms with Gasteiger partial charge in [0, 0.05) is 12.2 Å². The number of rotatable bonds is 3. The first-order valence-electron chi connectivity index (χ1n) is 6.46. The Bertz CT molecular complexity index is 408. The Balaban J connectivity index is 2.11. The summed E-state index contributed by atoms with van der Waals surface area (Å²) in [6, 6.07) is 6.48. The summed E-state index contributed by atoms with van der Waals surface area (Å²) in [4.78, 5) is 4.09. The van der Waals surface area contributed by atoms with Crippen LogP contribution in [0.25, 0.3) is 0 Å². The Morgan fingerprint density at radius 1 is 1.47 bits per heavy atom. The number of hydrogen-bond donors (Lipinski definition) is 1. The highest BCUT2D eigenvalue weighted by Crippen LogP contribution is 2.29. The molecule has 3 nitrogen and oxygen atoms in total. The lowest BCUT2D eigenvalue weighted by Crippen LogP contribution is -2.32. The lowest BCUT2D eigenvalue weighted by Gasteiger charge is -2.32. The van der Waals surface area contributed by atoms with Crippen LogP contribution in [0.4, 0.5) is 5.69 Å². The summed E-state index contributed by atoms with van der Waals surface area (Å²) in [5.74, 6) is 0.732. The van der Waals surface area contributed by atoms with E-state index in [1.165, 1.54) is 32.1 Å². The zero-order chi connectivity index (χ0) is 12.1. The molecule has 1 heterocycles. The van der Waals surface area contributed by atoms with Crippen molar-refractivity contribution in [1.82, 2.24) is 4.98 Å². The summed E-state index contributed by atoms with van der Waals surface area (Å²) in [7, 11) is 0. The molecule has 1 fully saturated rings. The van der Waals surface area contributed by atoms with E-state index in [0.29, 0.717) is 11.7 Å². The third-order valence-corrected chi connectivity index (χ3v) is 3.69. The van der Waals surface area contributed by atoms with Gasteiger partial charge in [-0.3, -0.25) is 0 Å². The molecule has 2 unspecified atom stereocenters. The number of pyridine rings is 1. The van der Waals surface area contributed by atoms with Gasteiger partial charge < -0.3 is 5.32 Å². The smallest absolute Gasteiger partial charge is 0.163 e. The Labute approximate surface area is 103 Å². The zero-order valence-electron chi connectivity index (χ0n) is 10.3. The molecule has 0 radical (unpaired) electrons. The van der Waals surface area contributed by atoms with Gasteiger partial charge in [0.15, 0.2) is 5.69 Å². The third kappa shape index (κ3) is 2.76. The van der Waals surface area contributed by atoms with Gasteiger partial charge in [0.25, 0.3) is 0 Å². The van der Waals surface area contributed by atoms with Crippen molar-refractivity contribution in [2.45, 2.75) is 45.1 Å². The summed E-state index contributed by atoms with van der Waals surface area (Å²) in [6.45, 7) is 2.25. The summed E-state index contributed by atoms with van der Waals surface area (Å²) >= 11 is 0. The second kappa shape index (κ2) is 5.67. The van der Waals surface area contributed by atoms with Gasteiger partial charge in [-0.25, -0.2) is 4.98 Å². The van der Waals surface area contributed by atoms with Crippen molar-refractivity contribution in [3.05, 3.63) is 24.0 Å². The molecule has 1 aliphatic carbocycles. The molecule has 1 N–H and O–H groups in total. The molecule has 0 aliphatic heterocycles. The van der Waals surface area contributed by atoms with Crippen molar-refractivity contribution >= 4 is 5.69 Å². The van der Waals surface area contributed by atoms with Crippen LogP contribution >= 0.6 is 0 Å². The molecule has 1 aliphatic rings. The van der Waals surface area contributed by atoms with Crippen molar-refractivity contribution in [3.63, 3.8) is 0 Å². The topological polar surface area (TPSA) is 48.7 Å². The molecule has 0 aromatic carbocycles. The molecule has 1 aromatic heterocycles. The van der Waals surface area contributed by atoms with E-state index in [1.54, 1.807) is 6.20 Å². The first kappa shape index (κ1) is 11.9. The van der Waals surface area contributed by atoms with Gasteiger partial charge in [-0.1, -0.05) is 26.2 Å². The fourth-order valence-electron chi connectivity index (χ4n) is 2.70. The number of aromatic nitrogens is 1. The fourth-order valence-corrected chi connectivity index (χ4v) is 2.70. The highest BCUT2D eigenvalue weighted by Gasteiger charge is 2.24. The number of nitrogens with zero attached hydrogens (tertiary/aromatic N) is 2. The minimum Gasteiger partial charge on any atom is -0.380 e. The van der Waals surface area contributed by atoms with Crippen molar-refractivity contribution in [2.75, 3.05) is 5.32 Å². The van der Waals surface area contributed by atoms with Gasteiger partial charge in [0.1, 0.15) is 6.07 Å². The summed E-state index contributed by atoms with van der Waals surface area (Å²) in [5.41, 5.74) is 1.40. The molecule has 90 valence electrons. The number of nitriles is 1. The summed E-state index contributed by atoms with van der Waals surface area (Å²) < 4.78 is 0. The maximum atomic E-state index is 9.02. The van der Waals surface area contributed by atoms with Crippen molar-refractivity contribution in [2.24, 2.45) is 5.92 Å². The van der Waals surface area contributed by atoms with E-state index < -0.39 is 0 Å². The summed E-state index contributed by atoms with van der Waals surface area (Å²) in [5, 5.41) is 12.5. The molecule has 17 heavy (non-hydrogen) atoms. The molecule has 0 bridgehead atoms. The van der Waals surface area contributed by atoms with Crippen LogP contribution in [0.5, 0.6) is 0 Å². The Morgan fingerprint density at radius 2 is 2.29 bits per heavy atom. The normalized spacial score (nSPS) is 24.0. The van der Waals surface area contributed by atoms with E-state index in [0.717, 1.165) is 11.6 Å². The van der Waals surface area contributed by atoms with Gasteiger partial charge in [-0.15, -0.1) is 0 Å². The van der Waals surface area contributed by atoms with Gasteiger partial charge in [-0.05, 0) is 30.9 Å². The third-order valence-electron chi connectivity index (χ3n) is 3.69. The number of anilines is 1. The first-order chi connectivity index (χ1) is 8.35. The molecule has 2 atom stereocenters. The molecular weight excluding hydrogens is 210 g/mol. The van der Waals surface area contributed by atoms with E-state index >= 15 is 0 Å². The van der Waals surface area contributed by atoms with Crippen molar-refractivity contribution < 1.29 is 0 Å². The predicted molar refractivity (Wildman–Crippen MR) is 68.6 cm³/mol. The van der Waals surface area contributed by atoms with Crippen molar-refractivity contribution in [1.29, 1.82) is 5.26 Å². The van der Waals surface area contributed by atoms with Crippen LogP contribution in [0.3, 0.4) is 0 Å². The first-order valence-corrected chi connectivity index (χ1v) is 6.46. The van der Waals surface area contributed by atoms with Crippen LogP contribution in [0.15, 0.2) is 18.3 Å². The van der Waals surface area contributed by atoms with Gasteiger partial charge in [0.05, 0.1) is 5.69 Å². The van der Waals surface area contributed by atoms with E-state index in [1.807, 2.05) is 12.1 Å². The molecule has 0 saturated heterocycles. The SMILES string of the molecule is CCC1CCCCC1Nc1cccnc1C#N. The monoisotopic (exact) mass is 229 g/mol. The minimum atomic E-state index is 0.505. The minimum absolute atomic E-state index is 0.505. The largest absolute Gasteiger partial charge is 0.380 e. The molecule has 0 amide bonds. The maximum absolute atomic E-state index is 9.02. The van der Waals surface area contributed by atoms with Crippen LogP contribution in [0.1, 0.15) is 44.7 Å². The highest BCUT2D eigenvalue weighted by molar-refractivity contribution is 5.53. The average molecular weight is 229 g/mol. The highest BCUT2D eigenvalue weighted by atomic mass is 14.9. The molecule has 0 spiro atoms. The van der Waals surface area contributed by atoms with Gasteiger partial charge in [0.2, 0.25) is 0 Å².